The van der Waals surface area contributed by atoms with Crippen molar-refractivity contribution in [2.24, 2.45) is 0 Å². The van der Waals surface area contributed by atoms with Gasteiger partial charge in [0.15, 0.2) is 0 Å². The van der Waals surface area contributed by atoms with Crippen molar-refractivity contribution >= 4 is 11.0 Å². The Balaban J connectivity index is 1.84. The molecule has 1 aromatic heterocycles. The van der Waals surface area contributed by atoms with Gasteiger partial charge in [0.2, 0.25) is 0 Å². The molecule has 0 saturated carbocycles. The number of fused-ring (bicyclic) bond motifs is 1. The molecule has 0 aliphatic carbocycles. The predicted octanol–water partition coefficient (Wildman–Crippen LogP) is 3.51. The average molecular weight is 273 g/mol. The highest BCUT2D eigenvalue weighted by Crippen LogP contribution is 2.25. The molecule has 1 N–H and O–H groups in total. The summed E-state index contributed by atoms with van der Waals surface area (Å²) in [5.74, 6) is 1.94. The van der Waals surface area contributed by atoms with Crippen molar-refractivity contribution < 1.29 is 4.74 Å². The number of rotatable bonds is 3. The average Bonchev–Trinajstić information content (AvgIpc) is 2.71. The third-order valence-electron chi connectivity index (χ3n) is 4.29. The maximum Gasteiger partial charge on any atom is 0.124 e. The van der Waals surface area contributed by atoms with Crippen molar-refractivity contribution in [3.05, 3.63) is 24.0 Å². The van der Waals surface area contributed by atoms with Crippen molar-refractivity contribution in [1.29, 1.82) is 0 Å². The first-order chi connectivity index (χ1) is 9.78. The van der Waals surface area contributed by atoms with Gasteiger partial charge in [-0.3, -0.25) is 4.90 Å². The maximum atomic E-state index is 5.27. The van der Waals surface area contributed by atoms with Gasteiger partial charge >= 0.3 is 0 Å². The van der Waals surface area contributed by atoms with E-state index < -0.39 is 0 Å². The van der Waals surface area contributed by atoms with E-state index in [9.17, 15) is 0 Å². The molecule has 1 aliphatic heterocycles. The highest BCUT2D eigenvalue weighted by Gasteiger charge is 2.20. The van der Waals surface area contributed by atoms with Crippen LogP contribution >= 0.6 is 0 Å². The molecule has 20 heavy (non-hydrogen) atoms. The van der Waals surface area contributed by atoms with Crippen molar-refractivity contribution in [3.63, 3.8) is 0 Å². The Labute approximate surface area is 120 Å². The monoisotopic (exact) mass is 273 g/mol. The van der Waals surface area contributed by atoms with E-state index >= 15 is 0 Å². The van der Waals surface area contributed by atoms with Gasteiger partial charge in [0.05, 0.1) is 24.2 Å². The summed E-state index contributed by atoms with van der Waals surface area (Å²) in [7, 11) is 1.69. The SMILES string of the molecule is COc1ccc2nc(C(C)N3CCCCCC3)[nH]c2c1. The molecule has 1 fully saturated rings. The number of aromatic nitrogens is 2. The lowest BCUT2D eigenvalue weighted by Crippen LogP contribution is -2.28. The molecule has 2 aromatic rings. The molecule has 4 heteroatoms. The van der Waals surface area contributed by atoms with Crippen LogP contribution in [-0.4, -0.2) is 35.1 Å². The molecule has 108 valence electrons. The maximum absolute atomic E-state index is 5.27. The molecule has 0 amide bonds. The van der Waals surface area contributed by atoms with Crippen molar-refractivity contribution in [2.45, 2.75) is 38.6 Å². The molecule has 0 radical (unpaired) electrons. The predicted molar refractivity (Wildman–Crippen MR) is 81.1 cm³/mol. The van der Waals surface area contributed by atoms with Gasteiger partial charge in [-0.2, -0.15) is 0 Å². The summed E-state index contributed by atoms with van der Waals surface area (Å²) in [6, 6.07) is 6.35. The molecule has 1 aromatic carbocycles. The molecule has 4 nitrogen and oxygen atoms in total. The molecule has 1 aliphatic rings. The summed E-state index contributed by atoms with van der Waals surface area (Å²) < 4.78 is 5.27. The lowest BCUT2D eigenvalue weighted by molar-refractivity contribution is 0.212. The van der Waals surface area contributed by atoms with Gasteiger partial charge in [0.25, 0.3) is 0 Å². The first-order valence-corrected chi connectivity index (χ1v) is 7.55. The number of ether oxygens (including phenoxy) is 1. The van der Waals surface area contributed by atoms with Gasteiger partial charge in [-0.05, 0) is 45.0 Å². The van der Waals surface area contributed by atoms with E-state index in [0.717, 1.165) is 22.6 Å². The molecule has 1 atom stereocenters. The third kappa shape index (κ3) is 2.66. The number of hydrogen-bond donors (Lipinski definition) is 1. The van der Waals surface area contributed by atoms with Crippen LogP contribution < -0.4 is 4.74 Å². The topological polar surface area (TPSA) is 41.1 Å². The summed E-state index contributed by atoms with van der Waals surface area (Å²) in [6.45, 7) is 4.61. The Morgan fingerprint density at radius 3 is 2.65 bits per heavy atom. The zero-order valence-electron chi connectivity index (χ0n) is 12.4. The Kier molecular flexibility index (Phi) is 3.92. The number of hydrogen-bond acceptors (Lipinski definition) is 3. The van der Waals surface area contributed by atoms with E-state index in [4.69, 9.17) is 9.72 Å². The van der Waals surface area contributed by atoms with Crippen LogP contribution in [0.4, 0.5) is 0 Å². The number of aromatic amines is 1. The van der Waals surface area contributed by atoms with Gasteiger partial charge in [-0.15, -0.1) is 0 Å². The minimum atomic E-state index is 0.353. The number of nitrogens with one attached hydrogen (secondary N) is 1. The lowest BCUT2D eigenvalue weighted by atomic mass is 10.2. The minimum absolute atomic E-state index is 0.353. The fourth-order valence-corrected chi connectivity index (χ4v) is 2.99. The third-order valence-corrected chi connectivity index (χ3v) is 4.29. The van der Waals surface area contributed by atoms with E-state index in [-0.39, 0.29) is 0 Å². The zero-order chi connectivity index (χ0) is 13.9. The number of likely N-dealkylation sites (tertiary alicyclic amines) is 1. The van der Waals surface area contributed by atoms with E-state index in [1.807, 2.05) is 18.2 Å². The van der Waals surface area contributed by atoms with Crippen molar-refractivity contribution in [2.75, 3.05) is 20.2 Å². The molecular formula is C16H23N3O. The largest absolute Gasteiger partial charge is 0.497 e. The molecule has 0 spiro atoms. The molecule has 3 rings (SSSR count). The second-order valence-electron chi connectivity index (χ2n) is 5.63. The molecule has 2 heterocycles. The van der Waals surface area contributed by atoms with Crippen LogP contribution in [0, 0.1) is 0 Å². The zero-order valence-corrected chi connectivity index (χ0v) is 12.4. The quantitative estimate of drug-likeness (QED) is 0.930. The second-order valence-corrected chi connectivity index (χ2v) is 5.63. The number of methoxy groups -OCH3 is 1. The van der Waals surface area contributed by atoms with Crippen molar-refractivity contribution in [3.8, 4) is 5.75 Å². The summed E-state index contributed by atoms with van der Waals surface area (Å²) in [6.07, 6.45) is 5.33. The smallest absolute Gasteiger partial charge is 0.124 e. The van der Waals surface area contributed by atoms with Gasteiger partial charge in [-0.25, -0.2) is 4.98 Å². The molecule has 1 unspecified atom stereocenters. The first kappa shape index (κ1) is 13.4. The molecule has 1 saturated heterocycles. The Bertz CT molecular complexity index is 570. The van der Waals surface area contributed by atoms with E-state index in [1.165, 1.54) is 38.8 Å². The van der Waals surface area contributed by atoms with Crippen LogP contribution in [0.3, 0.4) is 0 Å². The van der Waals surface area contributed by atoms with Crippen LogP contribution in [0.15, 0.2) is 18.2 Å². The van der Waals surface area contributed by atoms with Gasteiger partial charge in [0.1, 0.15) is 11.6 Å². The number of H-pyrrole nitrogens is 1. The fourth-order valence-electron chi connectivity index (χ4n) is 2.99. The Morgan fingerprint density at radius 2 is 1.95 bits per heavy atom. The standard InChI is InChI=1S/C16H23N3O/c1-12(19-9-5-3-4-6-10-19)16-17-14-8-7-13(20-2)11-15(14)18-16/h7-8,11-12H,3-6,9-10H2,1-2H3,(H,17,18). The lowest BCUT2D eigenvalue weighted by Gasteiger charge is -2.25. The minimum Gasteiger partial charge on any atom is -0.497 e. The Morgan fingerprint density at radius 1 is 1.20 bits per heavy atom. The number of benzene rings is 1. The van der Waals surface area contributed by atoms with Crippen molar-refractivity contribution in [1.82, 2.24) is 14.9 Å². The molecular weight excluding hydrogens is 250 g/mol. The van der Waals surface area contributed by atoms with E-state index in [1.54, 1.807) is 7.11 Å². The van der Waals surface area contributed by atoms with Gasteiger partial charge in [-0.1, -0.05) is 12.8 Å². The summed E-state index contributed by atoms with van der Waals surface area (Å²) in [5.41, 5.74) is 2.07. The number of imidazole rings is 1. The fraction of sp³-hybridized carbons (Fsp3) is 0.562. The summed E-state index contributed by atoms with van der Waals surface area (Å²) >= 11 is 0. The van der Waals surface area contributed by atoms with Crippen LogP contribution in [0.5, 0.6) is 5.75 Å². The van der Waals surface area contributed by atoms with Crippen LogP contribution in [-0.2, 0) is 0 Å². The highest BCUT2D eigenvalue weighted by molar-refractivity contribution is 5.76. The Hall–Kier alpha value is -1.55. The highest BCUT2D eigenvalue weighted by atomic mass is 16.5. The first-order valence-electron chi connectivity index (χ1n) is 7.55. The van der Waals surface area contributed by atoms with Gasteiger partial charge in [0, 0.05) is 6.07 Å². The van der Waals surface area contributed by atoms with Crippen LogP contribution in [0.25, 0.3) is 11.0 Å². The second kappa shape index (κ2) is 5.83. The van der Waals surface area contributed by atoms with Crippen LogP contribution in [0.1, 0.15) is 44.5 Å². The molecule has 0 bridgehead atoms. The van der Waals surface area contributed by atoms with E-state index in [0.29, 0.717) is 6.04 Å². The van der Waals surface area contributed by atoms with Gasteiger partial charge < -0.3 is 9.72 Å². The summed E-state index contributed by atoms with van der Waals surface area (Å²) in [4.78, 5) is 10.7. The summed E-state index contributed by atoms with van der Waals surface area (Å²) in [5, 5.41) is 0. The number of nitrogens with zero attached hydrogens (tertiary/aromatic N) is 2. The normalized spacial score (nSPS) is 18.9. The van der Waals surface area contributed by atoms with E-state index in [2.05, 4.69) is 16.8 Å². The van der Waals surface area contributed by atoms with Crippen LogP contribution in [0.2, 0.25) is 0 Å².